The highest BCUT2D eigenvalue weighted by atomic mass is 35.5. The van der Waals surface area contributed by atoms with Crippen LogP contribution in [0.25, 0.3) is 22.5 Å². The van der Waals surface area contributed by atoms with Crippen molar-refractivity contribution in [3.63, 3.8) is 0 Å². The minimum atomic E-state index is -0.934. The van der Waals surface area contributed by atoms with Crippen LogP contribution in [0.5, 0.6) is 0 Å². The van der Waals surface area contributed by atoms with E-state index in [0.717, 1.165) is 35.1 Å². The first kappa shape index (κ1) is 29.8. The molecule has 11 nitrogen and oxygen atoms in total. The average Bonchev–Trinajstić information content (AvgIpc) is 3.53. The third kappa shape index (κ3) is 6.94. The van der Waals surface area contributed by atoms with Gasteiger partial charge in [-0.25, -0.2) is 10.00 Å². The van der Waals surface area contributed by atoms with Crippen LogP contribution in [-0.4, -0.2) is 50.0 Å². The normalized spacial score (nSPS) is 17.3. The van der Waals surface area contributed by atoms with E-state index in [0.29, 0.717) is 42.5 Å². The number of nitrogen functional groups attached to an aromatic ring is 1. The van der Waals surface area contributed by atoms with Crippen LogP contribution in [0, 0.1) is 11.8 Å². The van der Waals surface area contributed by atoms with Gasteiger partial charge in [0.05, 0.1) is 17.4 Å². The van der Waals surface area contributed by atoms with Gasteiger partial charge in [-0.1, -0.05) is 24.3 Å². The molecule has 4 aromatic rings. The molecule has 0 spiro atoms. The Kier molecular flexibility index (Phi) is 9.77. The Hall–Kier alpha value is -4.19. The van der Waals surface area contributed by atoms with Crippen LogP contribution >= 0.6 is 12.4 Å². The number of amides is 2. The van der Waals surface area contributed by atoms with Crippen LogP contribution in [0.4, 0.5) is 11.4 Å². The first-order chi connectivity index (χ1) is 19.4. The van der Waals surface area contributed by atoms with Gasteiger partial charge in [-0.15, -0.1) is 17.5 Å². The number of halogens is 1. The van der Waals surface area contributed by atoms with E-state index in [1.165, 1.54) is 4.90 Å². The number of rotatable bonds is 8. The standard InChI is InChI=1S/C29H33N9O2.ClH/c30-15-18-4-6-21(7-5-18)28(39)38(25-10-8-20(9-11-25)27-34-36-37-35-27)29(40)26(32)13-19-2-1-3-22(12-19)23-14-24(31)17-33-16-23;/h1-3,8-12,14,16-18,21,26H,4-7,13,15,30-32H2,(H,34,35,36,37);1H/t18-,21-,26-;/m0./s1. The molecular formula is C29H34ClN9O2. The second kappa shape index (κ2) is 13.4. The number of H-pyrrole nitrogens is 1. The second-order valence-electron chi connectivity index (χ2n) is 10.3. The van der Waals surface area contributed by atoms with E-state index in [1.807, 2.05) is 30.3 Å². The molecule has 41 heavy (non-hydrogen) atoms. The highest BCUT2D eigenvalue weighted by Crippen LogP contribution is 2.32. The number of tetrazole rings is 1. The van der Waals surface area contributed by atoms with Crippen LogP contribution in [0.15, 0.2) is 67.0 Å². The molecule has 214 valence electrons. The molecule has 12 heteroatoms. The minimum Gasteiger partial charge on any atom is -0.397 e. The van der Waals surface area contributed by atoms with Gasteiger partial charge in [0, 0.05) is 29.4 Å². The van der Waals surface area contributed by atoms with Crippen LogP contribution in [0.1, 0.15) is 31.2 Å². The van der Waals surface area contributed by atoms with E-state index in [4.69, 9.17) is 17.2 Å². The highest BCUT2D eigenvalue weighted by molar-refractivity contribution is 6.17. The second-order valence-corrected chi connectivity index (χ2v) is 10.3. The van der Waals surface area contributed by atoms with E-state index >= 15 is 0 Å². The lowest BCUT2D eigenvalue weighted by atomic mass is 9.81. The molecule has 0 radical (unpaired) electrons. The topological polar surface area (TPSA) is 183 Å². The van der Waals surface area contributed by atoms with E-state index < -0.39 is 11.9 Å². The zero-order chi connectivity index (χ0) is 28.1. The van der Waals surface area contributed by atoms with Gasteiger partial charge in [-0.2, -0.15) is 0 Å². The van der Waals surface area contributed by atoms with Gasteiger partial charge < -0.3 is 17.2 Å². The molecule has 1 fully saturated rings. The fourth-order valence-corrected chi connectivity index (χ4v) is 5.24. The number of carbonyl (C=O) groups excluding carboxylic acids is 2. The number of carbonyl (C=O) groups is 2. The zero-order valence-corrected chi connectivity index (χ0v) is 23.3. The largest absolute Gasteiger partial charge is 0.397 e. The number of aromatic amines is 1. The predicted molar refractivity (Wildman–Crippen MR) is 160 cm³/mol. The van der Waals surface area contributed by atoms with Gasteiger partial charge in [0.2, 0.25) is 5.91 Å². The van der Waals surface area contributed by atoms with Gasteiger partial charge in [-0.3, -0.25) is 14.6 Å². The highest BCUT2D eigenvalue weighted by Gasteiger charge is 2.35. The fraction of sp³-hybridized carbons (Fsp3) is 0.310. The zero-order valence-electron chi connectivity index (χ0n) is 22.5. The summed E-state index contributed by atoms with van der Waals surface area (Å²) in [6.45, 7) is 0.608. The molecule has 2 heterocycles. The van der Waals surface area contributed by atoms with Gasteiger partial charge in [0.1, 0.15) is 0 Å². The lowest BCUT2D eigenvalue weighted by Crippen LogP contribution is -2.50. The molecule has 2 amide bonds. The maximum absolute atomic E-state index is 13.9. The van der Waals surface area contributed by atoms with E-state index in [2.05, 4.69) is 25.6 Å². The van der Waals surface area contributed by atoms with Crippen molar-refractivity contribution in [3.05, 3.63) is 72.6 Å². The summed E-state index contributed by atoms with van der Waals surface area (Å²) >= 11 is 0. The lowest BCUT2D eigenvalue weighted by Gasteiger charge is -2.32. The first-order valence-corrected chi connectivity index (χ1v) is 13.4. The monoisotopic (exact) mass is 575 g/mol. The van der Waals surface area contributed by atoms with E-state index in [1.54, 1.807) is 36.7 Å². The molecular weight excluding hydrogens is 542 g/mol. The smallest absolute Gasteiger partial charge is 0.251 e. The summed E-state index contributed by atoms with van der Waals surface area (Å²) in [5.41, 5.74) is 22.7. The molecule has 1 saturated carbocycles. The van der Waals surface area contributed by atoms with Crippen molar-refractivity contribution in [2.24, 2.45) is 23.3 Å². The van der Waals surface area contributed by atoms with Crippen LogP contribution in [0.2, 0.25) is 0 Å². The number of hydrogen-bond donors (Lipinski definition) is 4. The first-order valence-electron chi connectivity index (χ1n) is 13.4. The summed E-state index contributed by atoms with van der Waals surface area (Å²) in [6, 6.07) is 15.6. The van der Waals surface area contributed by atoms with Crippen LogP contribution < -0.4 is 22.1 Å². The number of imide groups is 1. The SMILES string of the molecule is Cl.NC[C@H]1CC[C@H](C(=O)N(C(=O)[C@@H](N)Cc2cccc(-c3cncc(N)c3)c2)c2ccc(-c3nnn[nH]3)cc2)CC1. The number of pyridine rings is 1. The number of benzene rings is 2. The predicted octanol–water partition coefficient (Wildman–Crippen LogP) is 3.13. The Labute approximate surface area is 244 Å². The molecule has 7 N–H and O–H groups in total. The third-order valence-corrected chi connectivity index (χ3v) is 7.51. The number of aromatic nitrogens is 5. The molecule has 2 aromatic heterocycles. The number of nitrogens with two attached hydrogens (primary N) is 3. The maximum atomic E-state index is 13.9. The summed E-state index contributed by atoms with van der Waals surface area (Å²) in [6.07, 6.45) is 6.70. The number of nitrogens with zero attached hydrogens (tertiary/aromatic N) is 5. The maximum Gasteiger partial charge on any atom is 0.251 e. The molecule has 0 aliphatic heterocycles. The van der Waals surface area contributed by atoms with Crippen molar-refractivity contribution >= 4 is 35.6 Å². The molecule has 5 rings (SSSR count). The summed E-state index contributed by atoms with van der Waals surface area (Å²) in [7, 11) is 0. The minimum absolute atomic E-state index is 0. The Morgan fingerprint density at radius 3 is 2.39 bits per heavy atom. The molecule has 0 unspecified atom stereocenters. The number of hydrogen-bond acceptors (Lipinski definition) is 9. The van der Waals surface area contributed by atoms with Crippen molar-refractivity contribution in [2.45, 2.75) is 38.1 Å². The van der Waals surface area contributed by atoms with Crippen molar-refractivity contribution < 1.29 is 9.59 Å². The molecule has 1 aliphatic carbocycles. The van der Waals surface area contributed by atoms with Gasteiger partial charge >= 0.3 is 0 Å². The summed E-state index contributed by atoms with van der Waals surface area (Å²) < 4.78 is 0. The average molecular weight is 576 g/mol. The quantitative estimate of drug-likeness (QED) is 0.245. The molecule has 1 aliphatic rings. The Morgan fingerprint density at radius 1 is 0.976 bits per heavy atom. The van der Waals surface area contributed by atoms with Crippen molar-refractivity contribution in [3.8, 4) is 22.5 Å². The van der Waals surface area contributed by atoms with Crippen molar-refractivity contribution in [2.75, 3.05) is 17.2 Å². The van der Waals surface area contributed by atoms with Gasteiger partial charge in [0.15, 0.2) is 5.82 Å². The van der Waals surface area contributed by atoms with Crippen LogP contribution in [-0.2, 0) is 16.0 Å². The number of anilines is 2. The summed E-state index contributed by atoms with van der Waals surface area (Å²) in [5.74, 6) is -0.0485. The summed E-state index contributed by atoms with van der Waals surface area (Å²) in [5, 5.41) is 13.8. The van der Waals surface area contributed by atoms with Crippen molar-refractivity contribution in [1.82, 2.24) is 25.6 Å². The van der Waals surface area contributed by atoms with Gasteiger partial charge in [-0.05, 0) is 96.5 Å². The van der Waals surface area contributed by atoms with E-state index in [-0.39, 0.29) is 30.7 Å². The van der Waals surface area contributed by atoms with Crippen LogP contribution in [0.3, 0.4) is 0 Å². The Morgan fingerprint density at radius 2 is 1.73 bits per heavy atom. The lowest BCUT2D eigenvalue weighted by molar-refractivity contribution is -0.130. The molecule has 1 atom stereocenters. The van der Waals surface area contributed by atoms with Crippen molar-refractivity contribution in [1.29, 1.82) is 0 Å². The summed E-state index contributed by atoms with van der Waals surface area (Å²) in [4.78, 5) is 33.1. The fourth-order valence-electron chi connectivity index (χ4n) is 5.24. The number of nitrogens with one attached hydrogen (secondary N) is 1. The molecule has 2 aromatic carbocycles. The Balaban J connectivity index is 0.00000387. The third-order valence-electron chi connectivity index (χ3n) is 7.51. The molecule has 0 bridgehead atoms. The molecule has 0 saturated heterocycles. The Bertz CT molecular complexity index is 1460. The van der Waals surface area contributed by atoms with E-state index in [9.17, 15) is 9.59 Å². The van der Waals surface area contributed by atoms with Gasteiger partial charge in [0.25, 0.3) is 5.91 Å².